The number of aromatic nitrogens is 1. The third-order valence-electron chi connectivity index (χ3n) is 4.89. The first-order valence-corrected chi connectivity index (χ1v) is 8.62. The van der Waals surface area contributed by atoms with Gasteiger partial charge >= 0.3 is 0 Å². The Kier molecular flexibility index (Phi) is 3.72. The Labute approximate surface area is 146 Å². The fraction of sp³-hybridized carbons (Fsp3) is 0.227. The van der Waals surface area contributed by atoms with Gasteiger partial charge in [-0.15, -0.1) is 0 Å². The summed E-state index contributed by atoms with van der Waals surface area (Å²) in [4.78, 5) is 15.1. The van der Waals surface area contributed by atoms with Crippen molar-refractivity contribution < 1.29 is 9.21 Å². The van der Waals surface area contributed by atoms with Gasteiger partial charge in [-0.05, 0) is 37.1 Å². The fourth-order valence-electron chi connectivity index (χ4n) is 3.72. The number of nitrogens with one attached hydrogen (secondary N) is 1. The van der Waals surface area contributed by atoms with Crippen LogP contribution in [-0.2, 0) is 11.2 Å². The number of ketones is 1. The third kappa shape index (κ3) is 2.66. The van der Waals surface area contributed by atoms with Crippen molar-refractivity contribution in [1.82, 2.24) is 4.98 Å². The predicted molar refractivity (Wildman–Crippen MR) is 101 cm³/mol. The van der Waals surface area contributed by atoms with E-state index in [2.05, 4.69) is 49.3 Å². The van der Waals surface area contributed by atoms with Crippen molar-refractivity contribution in [2.45, 2.75) is 33.1 Å². The van der Waals surface area contributed by atoms with Gasteiger partial charge < -0.3 is 9.40 Å². The lowest BCUT2D eigenvalue weighted by Crippen LogP contribution is -2.02. The highest BCUT2D eigenvalue weighted by atomic mass is 16.3. The van der Waals surface area contributed by atoms with Crippen LogP contribution in [0.4, 0.5) is 0 Å². The molecule has 2 aromatic carbocycles. The van der Waals surface area contributed by atoms with E-state index in [1.807, 2.05) is 18.2 Å². The monoisotopic (exact) mass is 331 g/mol. The van der Waals surface area contributed by atoms with Crippen LogP contribution in [0, 0.1) is 6.92 Å². The highest BCUT2D eigenvalue weighted by molar-refractivity contribution is 5.89. The number of H-pyrrole nitrogens is 1. The molecule has 0 aliphatic carbocycles. The summed E-state index contributed by atoms with van der Waals surface area (Å²) in [7, 11) is 0. The molecule has 0 amide bonds. The molecule has 2 heterocycles. The molecule has 1 atom stereocenters. The lowest BCUT2D eigenvalue weighted by atomic mass is 9.89. The maximum atomic E-state index is 11.7. The number of fused-ring (bicyclic) bond motifs is 2. The van der Waals surface area contributed by atoms with Crippen molar-refractivity contribution in [3.05, 3.63) is 71.1 Å². The van der Waals surface area contributed by atoms with Crippen molar-refractivity contribution in [1.29, 1.82) is 0 Å². The summed E-state index contributed by atoms with van der Waals surface area (Å²) in [5, 5.41) is 2.31. The van der Waals surface area contributed by atoms with E-state index in [4.69, 9.17) is 4.42 Å². The first-order valence-electron chi connectivity index (χ1n) is 8.62. The largest absolute Gasteiger partial charge is 0.460 e. The maximum Gasteiger partial charge on any atom is 0.137 e. The minimum atomic E-state index is 0.113. The molecule has 1 unspecified atom stereocenters. The molecule has 0 bridgehead atoms. The zero-order chi connectivity index (χ0) is 17.6. The van der Waals surface area contributed by atoms with Crippen LogP contribution in [-0.4, -0.2) is 10.8 Å². The topological polar surface area (TPSA) is 46.0 Å². The van der Waals surface area contributed by atoms with Gasteiger partial charge in [0.05, 0.1) is 6.42 Å². The van der Waals surface area contributed by atoms with E-state index in [1.165, 1.54) is 16.5 Å². The van der Waals surface area contributed by atoms with Crippen LogP contribution in [0.1, 0.15) is 42.2 Å². The summed E-state index contributed by atoms with van der Waals surface area (Å²) in [6, 6.07) is 14.5. The van der Waals surface area contributed by atoms with Crippen molar-refractivity contribution in [3.63, 3.8) is 0 Å². The second kappa shape index (κ2) is 5.92. The molecule has 0 radical (unpaired) electrons. The quantitative estimate of drug-likeness (QED) is 0.536. The molecule has 3 heteroatoms. The third-order valence-corrected chi connectivity index (χ3v) is 4.89. The Hall–Kier alpha value is -2.81. The summed E-state index contributed by atoms with van der Waals surface area (Å²) < 4.78 is 6.03. The second-order valence-electron chi connectivity index (χ2n) is 6.83. The predicted octanol–water partition coefficient (Wildman–Crippen LogP) is 5.51. The van der Waals surface area contributed by atoms with Gasteiger partial charge in [-0.25, -0.2) is 0 Å². The van der Waals surface area contributed by atoms with E-state index in [0.29, 0.717) is 6.42 Å². The summed E-state index contributed by atoms with van der Waals surface area (Å²) in [5.41, 5.74) is 5.57. The molecule has 25 heavy (non-hydrogen) atoms. The zero-order valence-electron chi connectivity index (χ0n) is 14.7. The molecule has 1 N–H and O–H groups in total. The smallest absolute Gasteiger partial charge is 0.137 e. The SMILES string of the molecule is CC(=O)Cc1oc2ccccc2c1C(C)c1c[nH]c2cc(C)ccc12. The molecule has 0 fully saturated rings. The second-order valence-corrected chi connectivity index (χ2v) is 6.83. The molecule has 0 aliphatic rings. The molecule has 126 valence electrons. The van der Waals surface area contributed by atoms with Crippen molar-refractivity contribution in [2.24, 2.45) is 0 Å². The Morgan fingerprint density at radius 2 is 1.96 bits per heavy atom. The zero-order valence-corrected chi connectivity index (χ0v) is 14.7. The number of hydrogen-bond acceptors (Lipinski definition) is 2. The number of rotatable bonds is 4. The molecule has 0 saturated heterocycles. The Morgan fingerprint density at radius 3 is 2.76 bits per heavy atom. The fourth-order valence-corrected chi connectivity index (χ4v) is 3.72. The van der Waals surface area contributed by atoms with Crippen LogP contribution in [0.2, 0.25) is 0 Å². The molecule has 0 spiro atoms. The van der Waals surface area contributed by atoms with Crippen LogP contribution in [0.3, 0.4) is 0 Å². The van der Waals surface area contributed by atoms with Gasteiger partial charge in [0.2, 0.25) is 0 Å². The summed E-state index contributed by atoms with van der Waals surface area (Å²) >= 11 is 0. The molecule has 0 saturated carbocycles. The first kappa shape index (κ1) is 15.7. The number of furan rings is 1. The Balaban J connectivity index is 1.91. The van der Waals surface area contributed by atoms with Crippen molar-refractivity contribution in [3.8, 4) is 0 Å². The number of Topliss-reactive ketones (excluding diaryl/α,β-unsaturated/α-hetero) is 1. The molecule has 3 nitrogen and oxygen atoms in total. The average Bonchev–Trinajstić information content (AvgIpc) is 3.14. The average molecular weight is 331 g/mol. The lowest BCUT2D eigenvalue weighted by molar-refractivity contribution is -0.116. The van der Waals surface area contributed by atoms with E-state index in [1.54, 1.807) is 6.92 Å². The van der Waals surface area contributed by atoms with Crippen LogP contribution < -0.4 is 0 Å². The molecule has 2 aromatic heterocycles. The molecular weight excluding hydrogens is 310 g/mol. The van der Waals surface area contributed by atoms with Gasteiger partial charge in [0.1, 0.15) is 17.1 Å². The van der Waals surface area contributed by atoms with Crippen molar-refractivity contribution in [2.75, 3.05) is 0 Å². The number of aryl methyl sites for hydroxylation is 1. The highest BCUT2D eigenvalue weighted by Gasteiger charge is 2.23. The van der Waals surface area contributed by atoms with Gasteiger partial charge in [-0.2, -0.15) is 0 Å². The highest BCUT2D eigenvalue weighted by Crippen LogP contribution is 2.38. The van der Waals surface area contributed by atoms with E-state index in [-0.39, 0.29) is 11.7 Å². The van der Waals surface area contributed by atoms with Gasteiger partial charge in [0.15, 0.2) is 0 Å². The van der Waals surface area contributed by atoms with Gasteiger partial charge in [-0.1, -0.05) is 37.3 Å². The van der Waals surface area contributed by atoms with E-state index in [9.17, 15) is 4.79 Å². The molecular formula is C22H21NO2. The summed E-state index contributed by atoms with van der Waals surface area (Å²) in [6.07, 6.45) is 2.41. The molecule has 4 rings (SSSR count). The van der Waals surface area contributed by atoms with E-state index < -0.39 is 0 Å². The van der Waals surface area contributed by atoms with Crippen LogP contribution >= 0.6 is 0 Å². The number of carbonyl (C=O) groups is 1. The number of aromatic amines is 1. The van der Waals surface area contributed by atoms with E-state index in [0.717, 1.165) is 27.8 Å². The first-order chi connectivity index (χ1) is 12.0. The van der Waals surface area contributed by atoms with Crippen LogP contribution in [0.5, 0.6) is 0 Å². The number of hydrogen-bond donors (Lipinski definition) is 1. The summed E-state index contributed by atoms with van der Waals surface area (Å²) in [6.45, 7) is 5.89. The Bertz CT molecular complexity index is 1080. The minimum Gasteiger partial charge on any atom is -0.460 e. The standard InChI is InChI=1S/C22H21NO2/c1-13-8-9-16-18(12-23-19(16)10-13)15(3)22-17-6-4-5-7-20(17)25-21(22)11-14(2)24/h4-10,12,15,23H,11H2,1-3H3. The number of benzene rings is 2. The van der Waals surface area contributed by atoms with Crippen LogP contribution in [0.15, 0.2) is 53.1 Å². The van der Waals surface area contributed by atoms with Gasteiger partial charge in [0, 0.05) is 34.0 Å². The van der Waals surface area contributed by atoms with Crippen LogP contribution in [0.25, 0.3) is 21.9 Å². The van der Waals surface area contributed by atoms with Gasteiger partial charge in [0.25, 0.3) is 0 Å². The van der Waals surface area contributed by atoms with E-state index >= 15 is 0 Å². The normalized spacial score (nSPS) is 12.8. The maximum absolute atomic E-state index is 11.7. The van der Waals surface area contributed by atoms with Crippen molar-refractivity contribution >= 4 is 27.7 Å². The summed E-state index contributed by atoms with van der Waals surface area (Å²) in [5.74, 6) is 1.03. The number of carbonyl (C=O) groups excluding carboxylic acids is 1. The number of para-hydroxylation sites is 1. The van der Waals surface area contributed by atoms with Gasteiger partial charge in [-0.3, -0.25) is 4.79 Å². The Morgan fingerprint density at radius 1 is 1.16 bits per heavy atom. The minimum absolute atomic E-state index is 0.113. The molecule has 4 aromatic rings. The molecule has 0 aliphatic heterocycles. The lowest BCUT2D eigenvalue weighted by Gasteiger charge is -2.12.